The van der Waals surface area contributed by atoms with Crippen LogP contribution in [0.25, 0.3) is 0 Å². The number of benzene rings is 1. The van der Waals surface area contributed by atoms with Gasteiger partial charge in [-0.2, -0.15) is 0 Å². The molecule has 1 aromatic rings. The molecule has 1 atom stereocenters. The Labute approximate surface area is 144 Å². The van der Waals surface area contributed by atoms with E-state index in [-0.39, 0.29) is 12.0 Å². The second-order valence-electron chi connectivity index (χ2n) is 6.84. The van der Waals surface area contributed by atoms with Gasteiger partial charge in [-0.3, -0.25) is 9.69 Å². The molecule has 5 nitrogen and oxygen atoms in total. The van der Waals surface area contributed by atoms with Gasteiger partial charge in [-0.15, -0.1) is 0 Å². The molecule has 1 aromatic carbocycles. The van der Waals surface area contributed by atoms with Crippen molar-refractivity contribution in [1.29, 1.82) is 0 Å². The van der Waals surface area contributed by atoms with Crippen LogP contribution in [0.5, 0.6) is 5.75 Å². The second-order valence-corrected chi connectivity index (χ2v) is 6.84. The van der Waals surface area contributed by atoms with Gasteiger partial charge in [-0.1, -0.05) is 12.1 Å². The zero-order valence-corrected chi connectivity index (χ0v) is 14.5. The lowest BCUT2D eigenvalue weighted by molar-refractivity contribution is -0.132. The van der Waals surface area contributed by atoms with E-state index in [1.54, 1.807) is 0 Å². The van der Waals surface area contributed by atoms with Crippen LogP contribution in [0, 0.1) is 5.92 Å². The molecule has 1 aliphatic carbocycles. The van der Waals surface area contributed by atoms with E-state index in [0.29, 0.717) is 18.9 Å². The molecule has 0 bridgehead atoms. The van der Waals surface area contributed by atoms with Crippen LogP contribution in [-0.2, 0) is 11.2 Å². The Hall–Kier alpha value is -1.59. The standard InChI is InChI=1S/C19H28N2O3/c1-2-24-17-7-3-15(4-8-17)13-19(23)21-11-9-20(10-12-21)14-18(22)16-5-6-16/h3-4,7-8,16,18,22H,2,5-6,9-14H2,1H3/t18-/m0/s1. The molecule has 0 unspecified atom stereocenters. The topological polar surface area (TPSA) is 53.0 Å². The zero-order valence-electron chi connectivity index (χ0n) is 14.5. The maximum Gasteiger partial charge on any atom is 0.227 e. The number of piperazine rings is 1. The molecule has 5 heteroatoms. The van der Waals surface area contributed by atoms with Crippen LogP contribution in [0.2, 0.25) is 0 Å². The average Bonchev–Trinajstić information content (AvgIpc) is 3.42. The highest BCUT2D eigenvalue weighted by Crippen LogP contribution is 2.32. The Bertz CT molecular complexity index is 534. The third kappa shape index (κ3) is 4.71. The summed E-state index contributed by atoms with van der Waals surface area (Å²) in [6, 6.07) is 7.77. The van der Waals surface area contributed by atoms with Gasteiger partial charge in [0.1, 0.15) is 5.75 Å². The summed E-state index contributed by atoms with van der Waals surface area (Å²) in [6.07, 6.45) is 2.59. The number of ether oxygens (including phenoxy) is 1. The normalized spacial score (nSPS) is 20.0. The van der Waals surface area contributed by atoms with Crippen molar-refractivity contribution in [3.63, 3.8) is 0 Å². The number of nitrogens with zero attached hydrogens (tertiary/aromatic N) is 2. The first-order valence-electron chi connectivity index (χ1n) is 9.05. The number of hydrogen-bond acceptors (Lipinski definition) is 4. The van der Waals surface area contributed by atoms with Gasteiger partial charge >= 0.3 is 0 Å². The predicted molar refractivity (Wildman–Crippen MR) is 93.1 cm³/mol. The van der Waals surface area contributed by atoms with Crippen molar-refractivity contribution >= 4 is 5.91 Å². The van der Waals surface area contributed by atoms with Crippen LogP contribution in [0.3, 0.4) is 0 Å². The maximum absolute atomic E-state index is 12.5. The van der Waals surface area contributed by atoms with Crippen LogP contribution < -0.4 is 4.74 Å². The molecule has 1 N–H and O–H groups in total. The van der Waals surface area contributed by atoms with E-state index >= 15 is 0 Å². The number of carbonyl (C=O) groups excluding carboxylic acids is 1. The van der Waals surface area contributed by atoms with E-state index in [1.807, 2.05) is 36.1 Å². The Morgan fingerprint density at radius 3 is 2.46 bits per heavy atom. The van der Waals surface area contributed by atoms with Gasteiger partial charge in [0.2, 0.25) is 5.91 Å². The van der Waals surface area contributed by atoms with Crippen LogP contribution in [0.4, 0.5) is 0 Å². The van der Waals surface area contributed by atoms with Crippen molar-refractivity contribution < 1.29 is 14.6 Å². The summed E-state index contributed by atoms with van der Waals surface area (Å²) in [5.41, 5.74) is 1.02. The number of hydrogen-bond donors (Lipinski definition) is 1. The highest BCUT2D eigenvalue weighted by molar-refractivity contribution is 5.78. The molecule has 1 saturated heterocycles. The van der Waals surface area contributed by atoms with E-state index in [9.17, 15) is 9.90 Å². The van der Waals surface area contributed by atoms with Gasteiger partial charge < -0.3 is 14.7 Å². The van der Waals surface area contributed by atoms with Crippen LogP contribution >= 0.6 is 0 Å². The van der Waals surface area contributed by atoms with Crippen molar-refractivity contribution in [3.05, 3.63) is 29.8 Å². The van der Waals surface area contributed by atoms with Gasteiger partial charge in [-0.25, -0.2) is 0 Å². The van der Waals surface area contributed by atoms with Crippen LogP contribution in [-0.4, -0.2) is 66.2 Å². The third-order valence-corrected chi connectivity index (χ3v) is 4.93. The molecule has 24 heavy (non-hydrogen) atoms. The minimum absolute atomic E-state index is 0.182. The summed E-state index contributed by atoms with van der Waals surface area (Å²) in [6.45, 7) is 6.60. The molecular weight excluding hydrogens is 304 g/mol. The largest absolute Gasteiger partial charge is 0.494 e. The molecule has 1 heterocycles. The number of aliphatic hydroxyl groups is 1. The smallest absolute Gasteiger partial charge is 0.227 e. The first kappa shape index (κ1) is 17.2. The summed E-state index contributed by atoms with van der Waals surface area (Å²) in [5.74, 6) is 1.54. The molecule has 132 valence electrons. The fraction of sp³-hybridized carbons (Fsp3) is 0.632. The lowest BCUT2D eigenvalue weighted by Crippen LogP contribution is -2.51. The first-order chi connectivity index (χ1) is 11.7. The van der Waals surface area contributed by atoms with Gasteiger partial charge in [0.15, 0.2) is 0 Å². The quantitative estimate of drug-likeness (QED) is 0.823. The third-order valence-electron chi connectivity index (χ3n) is 4.93. The highest BCUT2D eigenvalue weighted by atomic mass is 16.5. The fourth-order valence-corrected chi connectivity index (χ4v) is 3.23. The Morgan fingerprint density at radius 1 is 1.21 bits per heavy atom. The number of amides is 1. The Morgan fingerprint density at radius 2 is 1.88 bits per heavy atom. The summed E-state index contributed by atoms with van der Waals surface area (Å²) in [5, 5.41) is 10.0. The Balaban J connectivity index is 1.42. The molecule has 0 spiro atoms. The zero-order chi connectivity index (χ0) is 16.9. The molecular formula is C19H28N2O3. The van der Waals surface area contributed by atoms with Gasteiger partial charge in [0.25, 0.3) is 0 Å². The molecule has 0 aromatic heterocycles. The average molecular weight is 332 g/mol. The molecule has 2 aliphatic rings. The number of β-amino-alcohol motifs (C(OH)–C–C–N with tert-alkyl or cyclic N) is 1. The number of rotatable bonds is 7. The molecule has 1 amide bonds. The monoisotopic (exact) mass is 332 g/mol. The van der Waals surface area contributed by atoms with E-state index in [1.165, 1.54) is 12.8 Å². The predicted octanol–water partition coefficient (Wildman–Crippen LogP) is 1.54. The lowest BCUT2D eigenvalue weighted by atomic mass is 10.1. The van der Waals surface area contributed by atoms with Crippen molar-refractivity contribution in [2.24, 2.45) is 5.92 Å². The molecule has 2 fully saturated rings. The summed E-state index contributed by atoms with van der Waals surface area (Å²) >= 11 is 0. The minimum Gasteiger partial charge on any atom is -0.494 e. The molecule has 1 saturated carbocycles. The van der Waals surface area contributed by atoms with E-state index in [0.717, 1.165) is 44.0 Å². The van der Waals surface area contributed by atoms with Gasteiger partial charge in [0.05, 0.1) is 19.1 Å². The summed E-state index contributed by atoms with van der Waals surface area (Å²) < 4.78 is 5.43. The van der Waals surface area contributed by atoms with Crippen LogP contribution in [0.15, 0.2) is 24.3 Å². The van der Waals surface area contributed by atoms with E-state index in [2.05, 4.69) is 4.90 Å². The SMILES string of the molecule is CCOc1ccc(CC(=O)N2CCN(C[C@H](O)C3CC3)CC2)cc1. The minimum atomic E-state index is -0.184. The van der Waals surface area contributed by atoms with E-state index in [4.69, 9.17) is 4.74 Å². The molecule has 0 radical (unpaired) electrons. The van der Waals surface area contributed by atoms with E-state index < -0.39 is 0 Å². The maximum atomic E-state index is 12.5. The highest BCUT2D eigenvalue weighted by Gasteiger charge is 2.32. The lowest BCUT2D eigenvalue weighted by Gasteiger charge is -2.35. The summed E-state index contributed by atoms with van der Waals surface area (Å²) in [7, 11) is 0. The van der Waals surface area contributed by atoms with Crippen molar-refractivity contribution in [3.8, 4) is 5.75 Å². The van der Waals surface area contributed by atoms with Gasteiger partial charge in [-0.05, 0) is 43.4 Å². The van der Waals surface area contributed by atoms with Gasteiger partial charge in [0, 0.05) is 32.7 Å². The van der Waals surface area contributed by atoms with Crippen LogP contribution in [0.1, 0.15) is 25.3 Å². The Kier molecular flexibility index (Phi) is 5.74. The van der Waals surface area contributed by atoms with Crippen molar-refractivity contribution in [2.75, 3.05) is 39.3 Å². The number of carbonyl (C=O) groups is 1. The van der Waals surface area contributed by atoms with Crippen molar-refractivity contribution in [1.82, 2.24) is 9.80 Å². The first-order valence-corrected chi connectivity index (χ1v) is 9.05. The number of aliphatic hydroxyl groups excluding tert-OH is 1. The molecule has 1 aliphatic heterocycles. The fourth-order valence-electron chi connectivity index (χ4n) is 3.23. The summed E-state index contributed by atoms with van der Waals surface area (Å²) in [4.78, 5) is 16.7. The van der Waals surface area contributed by atoms with Crippen molar-refractivity contribution in [2.45, 2.75) is 32.3 Å². The molecule has 3 rings (SSSR count). The second kappa shape index (κ2) is 7.99.